The third kappa shape index (κ3) is 3.89. The van der Waals surface area contributed by atoms with Crippen LogP contribution in [0.15, 0.2) is 71.2 Å². The van der Waals surface area contributed by atoms with E-state index in [1.807, 2.05) is 36.4 Å². The van der Waals surface area contributed by atoms with E-state index in [4.69, 9.17) is 9.47 Å². The number of carbonyl (C=O) groups excluding carboxylic acids is 2. The number of hydrogen-bond acceptors (Lipinski definition) is 5. The van der Waals surface area contributed by atoms with Crippen LogP contribution in [0.2, 0.25) is 0 Å². The number of fused-ring (bicyclic) bond motifs is 1. The van der Waals surface area contributed by atoms with Gasteiger partial charge in [-0.2, -0.15) is 0 Å². The molecule has 3 aromatic rings. The zero-order valence-corrected chi connectivity index (χ0v) is 19.3. The van der Waals surface area contributed by atoms with Crippen LogP contribution in [0.4, 0.5) is 5.69 Å². The van der Waals surface area contributed by atoms with Crippen molar-refractivity contribution in [2.24, 2.45) is 0 Å². The maximum absolute atomic E-state index is 13.5. The number of nitrogens with zero attached hydrogens (tertiary/aromatic N) is 1. The highest BCUT2D eigenvalue weighted by atomic mass is 79.9. The Morgan fingerprint density at radius 1 is 1.03 bits per heavy atom. The molecule has 0 aromatic heterocycles. The van der Waals surface area contributed by atoms with Crippen LogP contribution in [-0.2, 0) is 16.9 Å². The van der Waals surface area contributed by atoms with Crippen LogP contribution in [-0.4, -0.2) is 31.0 Å². The van der Waals surface area contributed by atoms with Crippen molar-refractivity contribution in [3.05, 3.63) is 87.9 Å². The highest BCUT2D eigenvalue weighted by Crippen LogP contribution is 2.45. The molecule has 0 saturated heterocycles. The average molecular weight is 496 g/mol. The molecule has 6 nitrogen and oxygen atoms in total. The summed E-state index contributed by atoms with van der Waals surface area (Å²) in [7, 11) is 2.96. The molecule has 32 heavy (non-hydrogen) atoms. The SMILES string of the molecule is COc1ccc(OC)c(C(=O)C[C@@]2(O)C(=O)N(Cc3ccccc3)c3ccc(Br)cc32)c1. The Morgan fingerprint density at radius 3 is 2.47 bits per heavy atom. The Kier molecular flexibility index (Phi) is 6.04. The van der Waals surface area contributed by atoms with Crippen molar-refractivity contribution in [1.29, 1.82) is 0 Å². The van der Waals surface area contributed by atoms with E-state index in [0.29, 0.717) is 27.2 Å². The fraction of sp³-hybridized carbons (Fsp3) is 0.200. The third-order valence-corrected chi connectivity index (χ3v) is 6.09. The first kappa shape index (κ1) is 22.0. The number of Topliss-reactive ketones (excluding diaryl/α,β-unsaturated/α-hetero) is 1. The minimum absolute atomic E-state index is 0.242. The van der Waals surface area contributed by atoms with Gasteiger partial charge in [0.1, 0.15) is 11.5 Å². The van der Waals surface area contributed by atoms with Crippen LogP contribution in [0.1, 0.15) is 27.9 Å². The van der Waals surface area contributed by atoms with E-state index < -0.39 is 23.7 Å². The molecular formula is C25H22BrNO5. The lowest BCUT2D eigenvalue weighted by molar-refractivity contribution is -0.136. The molecule has 0 aliphatic carbocycles. The van der Waals surface area contributed by atoms with Crippen molar-refractivity contribution >= 4 is 33.3 Å². The Bertz CT molecular complexity index is 1180. The number of halogens is 1. The smallest absolute Gasteiger partial charge is 0.264 e. The highest BCUT2D eigenvalue weighted by molar-refractivity contribution is 9.10. The minimum Gasteiger partial charge on any atom is -0.497 e. The van der Waals surface area contributed by atoms with Gasteiger partial charge in [0, 0.05) is 10.0 Å². The summed E-state index contributed by atoms with van der Waals surface area (Å²) < 4.78 is 11.2. The third-order valence-electron chi connectivity index (χ3n) is 5.60. The normalized spacial score (nSPS) is 17.2. The molecule has 0 radical (unpaired) electrons. The lowest BCUT2D eigenvalue weighted by Gasteiger charge is -2.23. The van der Waals surface area contributed by atoms with Crippen LogP contribution < -0.4 is 14.4 Å². The van der Waals surface area contributed by atoms with Crippen molar-refractivity contribution in [2.75, 3.05) is 19.1 Å². The maximum Gasteiger partial charge on any atom is 0.264 e. The molecule has 0 unspecified atom stereocenters. The molecule has 1 heterocycles. The van der Waals surface area contributed by atoms with Crippen LogP contribution >= 0.6 is 15.9 Å². The zero-order chi connectivity index (χ0) is 22.9. The molecule has 0 fully saturated rings. The van der Waals surface area contributed by atoms with E-state index in [-0.39, 0.29) is 12.1 Å². The molecule has 1 N–H and O–H groups in total. The quantitative estimate of drug-likeness (QED) is 0.489. The number of carbonyl (C=O) groups is 2. The Balaban J connectivity index is 1.73. The predicted molar refractivity (Wildman–Crippen MR) is 124 cm³/mol. The van der Waals surface area contributed by atoms with Crippen LogP contribution in [0.5, 0.6) is 11.5 Å². The van der Waals surface area contributed by atoms with Gasteiger partial charge in [-0.3, -0.25) is 9.59 Å². The summed E-state index contributed by atoms with van der Waals surface area (Å²) >= 11 is 3.41. The Hall–Kier alpha value is -3.16. The van der Waals surface area contributed by atoms with Gasteiger partial charge in [-0.15, -0.1) is 0 Å². The van der Waals surface area contributed by atoms with Gasteiger partial charge >= 0.3 is 0 Å². The van der Waals surface area contributed by atoms with E-state index in [1.165, 1.54) is 19.1 Å². The summed E-state index contributed by atoms with van der Waals surface area (Å²) in [6.07, 6.45) is -0.426. The summed E-state index contributed by atoms with van der Waals surface area (Å²) in [4.78, 5) is 28.3. The van der Waals surface area contributed by atoms with E-state index in [0.717, 1.165) is 5.56 Å². The van der Waals surface area contributed by atoms with Crippen molar-refractivity contribution in [2.45, 2.75) is 18.6 Å². The van der Waals surface area contributed by atoms with E-state index in [9.17, 15) is 14.7 Å². The number of rotatable bonds is 7. The number of ether oxygens (including phenoxy) is 2. The summed E-state index contributed by atoms with van der Waals surface area (Å²) in [6, 6.07) is 19.6. The molecule has 4 rings (SSSR count). The molecule has 1 amide bonds. The van der Waals surface area contributed by atoms with Gasteiger partial charge in [0.15, 0.2) is 11.4 Å². The molecule has 1 aliphatic rings. The largest absolute Gasteiger partial charge is 0.497 e. The fourth-order valence-electron chi connectivity index (χ4n) is 3.98. The van der Waals surface area contributed by atoms with Gasteiger partial charge < -0.3 is 19.5 Å². The Morgan fingerprint density at radius 2 is 1.78 bits per heavy atom. The van der Waals surface area contributed by atoms with Crippen molar-refractivity contribution in [1.82, 2.24) is 0 Å². The van der Waals surface area contributed by atoms with Gasteiger partial charge in [-0.25, -0.2) is 0 Å². The van der Waals surface area contributed by atoms with Crippen molar-refractivity contribution in [3.8, 4) is 11.5 Å². The van der Waals surface area contributed by atoms with Crippen LogP contribution in [0.25, 0.3) is 0 Å². The standard InChI is InChI=1S/C25H22BrNO5/c1-31-18-9-11-23(32-2)19(13-18)22(28)14-25(30)20-12-17(26)8-10-21(20)27(24(25)29)15-16-6-4-3-5-7-16/h3-13,30H,14-15H2,1-2H3/t25-/m0/s1. The maximum atomic E-state index is 13.5. The van der Waals surface area contributed by atoms with E-state index >= 15 is 0 Å². The van der Waals surface area contributed by atoms with Gasteiger partial charge in [-0.05, 0) is 42.0 Å². The minimum atomic E-state index is -2.00. The lowest BCUT2D eigenvalue weighted by Crippen LogP contribution is -2.41. The number of amides is 1. The van der Waals surface area contributed by atoms with Crippen molar-refractivity contribution < 1.29 is 24.2 Å². The van der Waals surface area contributed by atoms with Gasteiger partial charge in [0.25, 0.3) is 5.91 Å². The molecule has 0 bridgehead atoms. The second kappa shape index (κ2) is 8.76. The molecule has 0 spiro atoms. The zero-order valence-electron chi connectivity index (χ0n) is 17.7. The number of anilines is 1. The summed E-state index contributed by atoms with van der Waals surface area (Å²) in [5, 5.41) is 11.6. The number of aliphatic hydroxyl groups is 1. The Labute approximate surface area is 194 Å². The summed E-state index contributed by atoms with van der Waals surface area (Å²) in [5.74, 6) is -0.137. The number of benzene rings is 3. The predicted octanol–water partition coefficient (Wildman–Crippen LogP) is 4.47. The van der Waals surface area contributed by atoms with E-state index in [2.05, 4.69) is 15.9 Å². The average Bonchev–Trinajstić information content (AvgIpc) is 3.00. The monoisotopic (exact) mass is 495 g/mol. The fourth-order valence-corrected chi connectivity index (χ4v) is 4.34. The van der Waals surface area contributed by atoms with Gasteiger partial charge in [0.05, 0.1) is 38.4 Å². The lowest BCUT2D eigenvalue weighted by atomic mass is 9.88. The molecule has 1 aliphatic heterocycles. The first-order valence-electron chi connectivity index (χ1n) is 10.0. The van der Waals surface area contributed by atoms with Crippen molar-refractivity contribution in [3.63, 3.8) is 0 Å². The second-order valence-corrected chi connectivity index (χ2v) is 8.48. The number of hydrogen-bond donors (Lipinski definition) is 1. The molecule has 0 saturated carbocycles. The second-order valence-electron chi connectivity index (χ2n) is 7.56. The highest BCUT2D eigenvalue weighted by Gasteiger charge is 2.51. The summed E-state index contributed by atoms with van der Waals surface area (Å²) in [5.41, 5.74) is 0.128. The first-order valence-corrected chi connectivity index (χ1v) is 10.8. The number of ketones is 1. The topological polar surface area (TPSA) is 76.1 Å². The number of methoxy groups -OCH3 is 2. The van der Waals surface area contributed by atoms with Crippen LogP contribution in [0.3, 0.4) is 0 Å². The van der Waals surface area contributed by atoms with E-state index in [1.54, 1.807) is 30.3 Å². The van der Waals surface area contributed by atoms with Gasteiger partial charge in [0.2, 0.25) is 0 Å². The molecule has 7 heteroatoms. The molecular weight excluding hydrogens is 474 g/mol. The van der Waals surface area contributed by atoms with Gasteiger partial charge in [-0.1, -0.05) is 46.3 Å². The molecule has 164 valence electrons. The van der Waals surface area contributed by atoms with Crippen LogP contribution in [0, 0.1) is 0 Å². The first-order chi connectivity index (χ1) is 15.4. The molecule has 3 aromatic carbocycles. The molecule has 1 atom stereocenters. The summed E-state index contributed by atoms with van der Waals surface area (Å²) in [6.45, 7) is 0.285.